The smallest absolute Gasteiger partial charge is 0.263 e. The Labute approximate surface area is 189 Å². The van der Waals surface area contributed by atoms with E-state index in [0.29, 0.717) is 26.8 Å². The summed E-state index contributed by atoms with van der Waals surface area (Å²) in [5.41, 5.74) is 5.46. The Kier molecular flexibility index (Phi) is 5.89. The Morgan fingerprint density at radius 3 is 2.52 bits per heavy atom. The Bertz CT molecular complexity index is 958. The molecule has 8 heteroatoms. The van der Waals surface area contributed by atoms with Gasteiger partial charge in [-0.2, -0.15) is 10.5 Å². The molecule has 0 radical (unpaired) electrons. The Morgan fingerprint density at radius 1 is 1.17 bits per heavy atom. The summed E-state index contributed by atoms with van der Waals surface area (Å²) in [5, 5.41) is 7.59. The SMILES string of the molecule is C[N+]1(NC(=O)C2=NN(c3ccc(Cl)cc3Cl)C(c3ccc(Br)cc3)C2)CCCC1. The molecule has 4 rings (SSSR count). The maximum atomic E-state index is 13.0. The summed E-state index contributed by atoms with van der Waals surface area (Å²) in [5.74, 6) is -0.121. The number of rotatable bonds is 4. The van der Waals surface area contributed by atoms with Gasteiger partial charge in [0.05, 0.1) is 23.8 Å². The van der Waals surface area contributed by atoms with E-state index < -0.39 is 0 Å². The lowest BCUT2D eigenvalue weighted by molar-refractivity contribution is -0.931. The van der Waals surface area contributed by atoms with Crippen LogP contribution in [0.5, 0.6) is 0 Å². The van der Waals surface area contributed by atoms with Crippen molar-refractivity contribution in [3.63, 3.8) is 0 Å². The van der Waals surface area contributed by atoms with Crippen molar-refractivity contribution in [3.05, 3.63) is 62.5 Å². The fraction of sp³-hybridized carbons (Fsp3) is 0.333. The van der Waals surface area contributed by atoms with Gasteiger partial charge in [0.2, 0.25) is 0 Å². The second kappa shape index (κ2) is 8.26. The molecule has 0 spiro atoms. The summed E-state index contributed by atoms with van der Waals surface area (Å²) >= 11 is 16.0. The fourth-order valence-electron chi connectivity index (χ4n) is 3.94. The summed E-state index contributed by atoms with van der Waals surface area (Å²) in [6.45, 7) is 1.89. The van der Waals surface area contributed by atoms with Crippen molar-refractivity contribution >= 4 is 56.4 Å². The van der Waals surface area contributed by atoms with Crippen LogP contribution in [0.1, 0.15) is 30.9 Å². The Hall–Kier alpha value is -1.60. The maximum absolute atomic E-state index is 13.0. The van der Waals surface area contributed by atoms with Crippen LogP contribution in [0.3, 0.4) is 0 Å². The number of anilines is 1. The topological polar surface area (TPSA) is 44.7 Å². The van der Waals surface area contributed by atoms with Crippen LogP contribution in [0, 0.1) is 0 Å². The molecule has 0 bridgehead atoms. The highest BCUT2D eigenvalue weighted by molar-refractivity contribution is 9.10. The summed E-state index contributed by atoms with van der Waals surface area (Å²) in [4.78, 5) is 13.0. The number of nitrogens with zero attached hydrogens (tertiary/aromatic N) is 3. The van der Waals surface area contributed by atoms with Gasteiger partial charge in [0.1, 0.15) is 18.8 Å². The predicted molar refractivity (Wildman–Crippen MR) is 121 cm³/mol. The number of benzene rings is 2. The molecule has 1 fully saturated rings. The molecule has 2 heterocycles. The van der Waals surface area contributed by atoms with E-state index in [4.69, 9.17) is 28.3 Å². The molecule has 2 aliphatic heterocycles. The number of amides is 1. The van der Waals surface area contributed by atoms with Gasteiger partial charge in [0.25, 0.3) is 0 Å². The highest BCUT2D eigenvalue weighted by Gasteiger charge is 2.37. The van der Waals surface area contributed by atoms with Gasteiger partial charge in [-0.3, -0.25) is 9.80 Å². The molecule has 1 atom stereocenters. The molecule has 0 aliphatic carbocycles. The monoisotopic (exact) mass is 495 g/mol. The zero-order valence-corrected chi connectivity index (χ0v) is 19.1. The van der Waals surface area contributed by atoms with E-state index in [0.717, 1.165) is 41.7 Å². The van der Waals surface area contributed by atoms with Crippen molar-refractivity contribution in [2.24, 2.45) is 5.10 Å². The van der Waals surface area contributed by atoms with Gasteiger partial charge in [0, 0.05) is 28.8 Å². The predicted octanol–water partition coefficient (Wildman–Crippen LogP) is 5.33. The van der Waals surface area contributed by atoms with Crippen molar-refractivity contribution < 1.29 is 9.39 Å². The van der Waals surface area contributed by atoms with Crippen LogP contribution in [0.2, 0.25) is 10.0 Å². The van der Waals surface area contributed by atoms with Crippen LogP contribution < -0.4 is 10.4 Å². The molecule has 0 aromatic heterocycles. The zero-order valence-electron chi connectivity index (χ0n) is 16.0. The van der Waals surface area contributed by atoms with E-state index in [1.165, 1.54) is 0 Å². The van der Waals surface area contributed by atoms with Crippen molar-refractivity contribution in [2.75, 3.05) is 25.1 Å². The zero-order chi connectivity index (χ0) is 20.6. The van der Waals surface area contributed by atoms with Crippen molar-refractivity contribution in [2.45, 2.75) is 25.3 Å². The molecule has 2 aromatic carbocycles. The van der Waals surface area contributed by atoms with E-state index in [1.807, 2.05) is 35.3 Å². The summed E-state index contributed by atoms with van der Waals surface area (Å²) in [6.07, 6.45) is 2.75. The number of hydrogen-bond acceptors (Lipinski definition) is 3. The fourth-order valence-corrected chi connectivity index (χ4v) is 4.70. The van der Waals surface area contributed by atoms with Gasteiger partial charge in [0.15, 0.2) is 0 Å². The molecule has 0 saturated carbocycles. The van der Waals surface area contributed by atoms with Gasteiger partial charge in [-0.05, 0) is 35.9 Å². The maximum Gasteiger partial charge on any atom is 0.312 e. The van der Waals surface area contributed by atoms with E-state index >= 15 is 0 Å². The number of quaternary nitrogens is 1. The van der Waals surface area contributed by atoms with Gasteiger partial charge >= 0.3 is 5.91 Å². The van der Waals surface area contributed by atoms with Crippen LogP contribution in [0.25, 0.3) is 0 Å². The summed E-state index contributed by atoms with van der Waals surface area (Å²) in [7, 11) is 2.06. The molecule has 1 unspecified atom stereocenters. The van der Waals surface area contributed by atoms with Gasteiger partial charge in [-0.15, -0.1) is 0 Å². The first kappa shape index (κ1) is 20.7. The van der Waals surface area contributed by atoms with Crippen molar-refractivity contribution in [1.82, 2.24) is 5.43 Å². The van der Waals surface area contributed by atoms with E-state index in [2.05, 4.69) is 28.4 Å². The lowest BCUT2D eigenvalue weighted by atomic mass is 10.0. The molecule has 152 valence electrons. The molecule has 1 amide bonds. The van der Waals surface area contributed by atoms with Crippen LogP contribution in [-0.4, -0.2) is 36.3 Å². The van der Waals surface area contributed by atoms with Gasteiger partial charge in [-0.25, -0.2) is 4.59 Å². The van der Waals surface area contributed by atoms with Crippen LogP contribution >= 0.6 is 39.1 Å². The summed E-state index contributed by atoms with van der Waals surface area (Å²) in [6, 6.07) is 13.3. The lowest BCUT2D eigenvalue weighted by Crippen LogP contribution is -2.56. The normalized spacial score (nSPS) is 20.6. The molecule has 2 aliphatic rings. The third kappa shape index (κ3) is 4.45. The average molecular weight is 497 g/mol. The number of halogens is 3. The number of carbonyl (C=O) groups is 1. The van der Waals surface area contributed by atoms with E-state index in [9.17, 15) is 4.79 Å². The first-order valence-corrected chi connectivity index (χ1v) is 11.1. The molecule has 5 nitrogen and oxygen atoms in total. The number of hydrogen-bond donors (Lipinski definition) is 1. The molecule has 1 saturated heterocycles. The minimum atomic E-state index is -0.121. The average Bonchev–Trinajstić information content (AvgIpc) is 3.29. The number of hydrazone groups is 1. The lowest BCUT2D eigenvalue weighted by Gasteiger charge is -2.28. The van der Waals surface area contributed by atoms with E-state index in [-0.39, 0.29) is 11.9 Å². The Balaban J connectivity index is 1.66. The van der Waals surface area contributed by atoms with Gasteiger partial charge in [-0.1, -0.05) is 51.3 Å². The second-order valence-corrected chi connectivity index (χ2v) is 9.51. The van der Waals surface area contributed by atoms with Crippen molar-refractivity contribution in [3.8, 4) is 0 Å². The minimum Gasteiger partial charge on any atom is -0.263 e. The first-order chi connectivity index (χ1) is 13.8. The third-order valence-corrected chi connectivity index (χ3v) is 6.58. The van der Waals surface area contributed by atoms with E-state index in [1.54, 1.807) is 12.1 Å². The highest BCUT2D eigenvalue weighted by atomic mass is 79.9. The van der Waals surface area contributed by atoms with Gasteiger partial charge < -0.3 is 0 Å². The number of carbonyl (C=O) groups excluding carboxylic acids is 1. The van der Waals surface area contributed by atoms with Crippen LogP contribution in [-0.2, 0) is 4.79 Å². The standard InChI is InChI=1S/C21H21BrCl2N4O/c1-28(10-2-3-11-28)26-21(29)18-13-20(14-4-6-15(22)7-5-14)27(25-18)19-9-8-16(23)12-17(19)24/h4-9,12,20H,2-3,10-11,13H2,1H3/p+1. The highest BCUT2D eigenvalue weighted by Crippen LogP contribution is 2.40. The van der Waals surface area contributed by atoms with Crippen LogP contribution in [0.15, 0.2) is 52.0 Å². The summed E-state index contributed by atoms with van der Waals surface area (Å²) < 4.78 is 1.56. The second-order valence-electron chi connectivity index (χ2n) is 7.75. The molecular formula is C21H22BrCl2N4O+. The number of nitrogens with one attached hydrogen (secondary N) is 1. The number of likely N-dealkylation sites (tertiary alicyclic amines) is 1. The molecule has 2 aromatic rings. The minimum absolute atomic E-state index is 0.119. The molecule has 1 N–H and O–H groups in total. The Morgan fingerprint density at radius 2 is 1.86 bits per heavy atom. The third-order valence-electron chi connectivity index (χ3n) is 5.51. The van der Waals surface area contributed by atoms with Crippen molar-refractivity contribution in [1.29, 1.82) is 0 Å². The van der Waals surface area contributed by atoms with Crippen LogP contribution in [0.4, 0.5) is 5.69 Å². The quantitative estimate of drug-likeness (QED) is 0.581. The molecular weight excluding hydrogens is 475 g/mol. The first-order valence-electron chi connectivity index (χ1n) is 9.59. The largest absolute Gasteiger partial charge is 0.312 e. The molecule has 29 heavy (non-hydrogen) atoms.